The fourth-order valence-electron chi connectivity index (χ4n) is 8.95. The van der Waals surface area contributed by atoms with Crippen LogP contribution < -0.4 is 4.90 Å². The molecule has 0 spiro atoms. The summed E-state index contributed by atoms with van der Waals surface area (Å²) in [6.07, 6.45) is 6.30. The average molecular weight is 838 g/mol. The van der Waals surface area contributed by atoms with Crippen molar-refractivity contribution in [3.8, 4) is 39.9 Å². The quantitative estimate of drug-likeness (QED) is 0.128. The Morgan fingerprint density at radius 3 is 1.91 bits per heavy atom. The molecule has 3 heterocycles. The van der Waals surface area contributed by atoms with Gasteiger partial charge in [-0.1, -0.05) is 152 Å². The largest absolute Gasteiger partial charge is 0.455 e. The van der Waals surface area contributed by atoms with Gasteiger partial charge in [0.2, 0.25) is 0 Å². The Labute approximate surface area is 377 Å². The van der Waals surface area contributed by atoms with Crippen molar-refractivity contribution >= 4 is 60.7 Å². The zero-order chi connectivity index (χ0) is 43.9. The van der Waals surface area contributed by atoms with E-state index in [1.165, 1.54) is 10.9 Å². The molecule has 11 rings (SSSR count). The lowest BCUT2D eigenvalue weighted by molar-refractivity contribution is 0.669. The van der Waals surface area contributed by atoms with Gasteiger partial charge in [0.1, 0.15) is 11.2 Å². The minimum atomic E-state index is 0.555. The molecule has 65 heavy (non-hydrogen) atoms. The standard InChI is InChI=1S/C59H43N5O/c1-4-41(32-31-40(3)63(45-24-12-7-13-25-45)52-29-16-14-19-39(52)2)44-33-35-54-50(37-44)47-26-15-17-30-53(47)64(54)46-34-36-55-51(38-46)48-27-18-28-49(56(48)65-55)59-61-57(42-20-8-5-9-21-42)60-58(62-59)43-22-10-6-11-23-43/h4-38H,1H2,2-3H3/b40-31+,41-32+. The highest BCUT2D eigenvalue weighted by molar-refractivity contribution is 6.12. The summed E-state index contributed by atoms with van der Waals surface area (Å²) < 4.78 is 9.06. The van der Waals surface area contributed by atoms with Crippen molar-refractivity contribution in [2.75, 3.05) is 4.90 Å². The predicted octanol–water partition coefficient (Wildman–Crippen LogP) is 15.5. The summed E-state index contributed by atoms with van der Waals surface area (Å²) in [5.74, 6) is 1.77. The van der Waals surface area contributed by atoms with Gasteiger partial charge < -0.3 is 13.9 Å². The van der Waals surface area contributed by atoms with Gasteiger partial charge in [-0.2, -0.15) is 0 Å². The highest BCUT2D eigenvalue weighted by Crippen LogP contribution is 2.40. The fraction of sp³-hybridized carbons (Fsp3) is 0.0339. The van der Waals surface area contributed by atoms with E-state index < -0.39 is 0 Å². The van der Waals surface area contributed by atoms with Crippen LogP contribution in [0.2, 0.25) is 0 Å². The van der Waals surface area contributed by atoms with Crippen LogP contribution in [0.25, 0.3) is 89.2 Å². The summed E-state index contributed by atoms with van der Waals surface area (Å²) in [5.41, 5.74) is 14.1. The number of hydrogen-bond acceptors (Lipinski definition) is 5. The number of nitrogens with zero attached hydrogens (tertiary/aromatic N) is 5. The highest BCUT2D eigenvalue weighted by atomic mass is 16.3. The minimum Gasteiger partial charge on any atom is -0.455 e. The van der Waals surface area contributed by atoms with Crippen molar-refractivity contribution in [3.63, 3.8) is 0 Å². The lowest BCUT2D eigenvalue weighted by Crippen LogP contribution is -2.15. The van der Waals surface area contributed by atoms with Crippen molar-refractivity contribution in [3.05, 3.63) is 236 Å². The number of para-hydroxylation sites is 4. The number of anilines is 2. The van der Waals surface area contributed by atoms with Crippen LogP contribution in [0.4, 0.5) is 11.4 Å². The van der Waals surface area contributed by atoms with Crippen molar-refractivity contribution in [1.82, 2.24) is 19.5 Å². The maximum absolute atomic E-state index is 6.71. The van der Waals surface area contributed by atoms with E-state index in [2.05, 4.69) is 169 Å². The zero-order valence-electron chi connectivity index (χ0n) is 36.1. The molecule has 0 aliphatic heterocycles. The van der Waals surface area contributed by atoms with Gasteiger partial charge >= 0.3 is 0 Å². The topological polar surface area (TPSA) is 60.0 Å². The SMILES string of the molecule is C=C/C(=C\C=C(/C)N(c1ccccc1)c1ccccc1C)c1ccc2c(c1)c1ccccc1n2-c1ccc2oc3c(-c4nc(-c5ccccc5)nc(-c5ccccc5)n4)cccc3c2c1. The second kappa shape index (κ2) is 16.6. The third kappa shape index (κ3) is 7.17. The molecule has 0 unspecified atom stereocenters. The molecule has 0 atom stereocenters. The van der Waals surface area contributed by atoms with Gasteiger partial charge in [-0.25, -0.2) is 15.0 Å². The second-order valence-electron chi connectivity index (χ2n) is 16.2. The monoisotopic (exact) mass is 837 g/mol. The Kier molecular flexibility index (Phi) is 10.0. The summed E-state index contributed by atoms with van der Waals surface area (Å²) in [7, 11) is 0. The Balaban J connectivity index is 1.00. The molecule has 0 saturated carbocycles. The number of aryl methyl sites for hydroxylation is 1. The molecule has 0 amide bonds. The maximum Gasteiger partial charge on any atom is 0.167 e. The van der Waals surface area contributed by atoms with Crippen LogP contribution >= 0.6 is 0 Å². The predicted molar refractivity (Wildman–Crippen MR) is 269 cm³/mol. The summed E-state index contributed by atoms with van der Waals surface area (Å²) in [6.45, 7) is 8.57. The first-order valence-corrected chi connectivity index (χ1v) is 21.8. The van der Waals surface area contributed by atoms with Crippen molar-refractivity contribution in [2.24, 2.45) is 0 Å². The van der Waals surface area contributed by atoms with E-state index in [0.29, 0.717) is 17.5 Å². The zero-order valence-corrected chi connectivity index (χ0v) is 36.1. The van der Waals surface area contributed by atoms with Gasteiger partial charge in [0.15, 0.2) is 17.5 Å². The molecular formula is C59H43N5O. The first-order chi connectivity index (χ1) is 32.0. The Morgan fingerprint density at radius 1 is 0.554 bits per heavy atom. The Bertz CT molecular complexity index is 3580. The van der Waals surface area contributed by atoms with E-state index in [4.69, 9.17) is 19.4 Å². The molecule has 0 bridgehead atoms. The van der Waals surface area contributed by atoms with E-state index >= 15 is 0 Å². The van der Waals surface area contributed by atoms with Gasteiger partial charge in [-0.3, -0.25) is 0 Å². The van der Waals surface area contributed by atoms with E-state index in [-0.39, 0.29) is 0 Å². The van der Waals surface area contributed by atoms with Crippen molar-refractivity contribution in [1.29, 1.82) is 0 Å². The van der Waals surface area contributed by atoms with Crippen molar-refractivity contribution < 1.29 is 4.42 Å². The van der Waals surface area contributed by atoms with E-state index in [1.54, 1.807) is 0 Å². The molecule has 6 nitrogen and oxygen atoms in total. The smallest absolute Gasteiger partial charge is 0.167 e. The van der Waals surface area contributed by atoms with Gasteiger partial charge in [0, 0.05) is 55.4 Å². The number of allylic oxidation sites excluding steroid dienone is 5. The normalized spacial score (nSPS) is 12.1. The number of furan rings is 1. The van der Waals surface area contributed by atoms with Crippen LogP contribution in [0.1, 0.15) is 18.1 Å². The molecular weight excluding hydrogens is 795 g/mol. The fourth-order valence-corrected chi connectivity index (χ4v) is 8.95. The number of benzene rings is 8. The summed E-state index contributed by atoms with van der Waals surface area (Å²) in [4.78, 5) is 17.3. The third-order valence-electron chi connectivity index (χ3n) is 12.1. The number of rotatable bonds is 10. The molecule has 3 aromatic heterocycles. The molecule has 0 saturated heterocycles. The van der Waals surface area contributed by atoms with Gasteiger partial charge in [0.05, 0.1) is 16.6 Å². The maximum atomic E-state index is 6.71. The van der Waals surface area contributed by atoms with Crippen LogP contribution in [0.3, 0.4) is 0 Å². The van der Waals surface area contributed by atoms with Crippen molar-refractivity contribution in [2.45, 2.75) is 13.8 Å². The summed E-state index contributed by atoms with van der Waals surface area (Å²) >= 11 is 0. The van der Waals surface area contributed by atoms with E-state index in [1.807, 2.05) is 72.8 Å². The average Bonchev–Trinajstić information content (AvgIpc) is 3.91. The van der Waals surface area contributed by atoms with Crippen LogP contribution in [-0.2, 0) is 0 Å². The van der Waals surface area contributed by atoms with Crippen LogP contribution in [-0.4, -0.2) is 19.5 Å². The first-order valence-electron chi connectivity index (χ1n) is 21.8. The molecule has 0 fully saturated rings. The first kappa shape index (κ1) is 39.3. The summed E-state index contributed by atoms with van der Waals surface area (Å²) in [6, 6.07) is 67.1. The molecule has 0 aliphatic rings. The number of fused-ring (bicyclic) bond motifs is 6. The van der Waals surface area contributed by atoms with Crippen LogP contribution in [0.5, 0.6) is 0 Å². The lowest BCUT2D eigenvalue weighted by Gasteiger charge is -2.27. The third-order valence-corrected chi connectivity index (χ3v) is 12.1. The molecule has 8 aromatic carbocycles. The van der Waals surface area contributed by atoms with Gasteiger partial charge in [-0.15, -0.1) is 0 Å². The second-order valence-corrected chi connectivity index (χ2v) is 16.2. The molecule has 0 N–H and O–H groups in total. The minimum absolute atomic E-state index is 0.555. The summed E-state index contributed by atoms with van der Waals surface area (Å²) in [5, 5.41) is 4.33. The number of aromatic nitrogens is 4. The van der Waals surface area contributed by atoms with Gasteiger partial charge in [0.25, 0.3) is 0 Å². The molecule has 6 heteroatoms. The van der Waals surface area contributed by atoms with Gasteiger partial charge in [-0.05, 0) is 97.3 Å². The lowest BCUT2D eigenvalue weighted by atomic mass is 10.0. The highest BCUT2D eigenvalue weighted by Gasteiger charge is 2.20. The number of hydrogen-bond donors (Lipinski definition) is 0. The van der Waals surface area contributed by atoms with E-state index in [0.717, 1.165) is 88.9 Å². The Morgan fingerprint density at radius 2 is 1.18 bits per heavy atom. The van der Waals surface area contributed by atoms with Crippen LogP contribution in [0.15, 0.2) is 229 Å². The van der Waals surface area contributed by atoms with E-state index in [9.17, 15) is 0 Å². The Hall–Kier alpha value is -8.61. The molecule has 0 aliphatic carbocycles. The molecule has 11 aromatic rings. The molecule has 310 valence electrons. The van der Waals surface area contributed by atoms with Crippen LogP contribution in [0, 0.1) is 6.92 Å². The molecule has 0 radical (unpaired) electrons.